The van der Waals surface area contributed by atoms with Crippen LogP contribution >= 0.6 is 11.3 Å². The van der Waals surface area contributed by atoms with Gasteiger partial charge in [-0.3, -0.25) is 4.79 Å². The van der Waals surface area contributed by atoms with Crippen LogP contribution in [0, 0.1) is 0 Å². The Morgan fingerprint density at radius 2 is 2.27 bits per heavy atom. The Labute approximate surface area is 88.8 Å². The van der Waals surface area contributed by atoms with Gasteiger partial charge >= 0.3 is 10.9 Å². The molecule has 0 spiro atoms. The fraction of sp³-hybridized carbons (Fsp3) is 0.200. The normalized spacial score (nSPS) is 12.9. The van der Waals surface area contributed by atoms with Crippen LogP contribution in [0.25, 0.3) is 10.3 Å². The van der Waals surface area contributed by atoms with Crippen LogP contribution in [0.2, 0.25) is 0 Å². The molecule has 0 amide bonds. The lowest BCUT2D eigenvalue weighted by Crippen LogP contribution is -2.07. The highest BCUT2D eigenvalue weighted by atomic mass is 32.1. The van der Waals surface area contributed by atoms with E-state index < -0.39 is 16.8 Å². The Morgan fingerprint density at radius 3 is 2.93 bits per heavy atom. The van der Waals surface area contributed by atoms with Gasteiger partial charge in [0.25, 0.3) is 0 Å². The molecule has 0 aliphatic heterocycles. The van der Waals surface area contributed by atoms with Gasteiger partial charge in [0.05, 0.1) is 10.6 Å². The summed E-state index contributed by atoms with van der Waals surface area (Å²) in [6.07, 6.45) is 0. The van der Waals surface area contributed by atoms with Crippen molar-refractivity contribution < 1.29 is 14.3 Å². The number of carboxylic acids is 1. The fourth-order valence-corrected chi connectivity index (χ4v) is 2.09. The zero-order chi connectivity index (χ0) is 11.0. The van der Waals surface area contributed by atoms with Crippen molar-refractivity contribution in [1.82, 2.24) is 0 Å². The second-order valence-corrected chi connectivity index (χ2v) is 4.17. The van der Waals surface area contributed by atoms with Crippen molar-refractivity contribution in [2.24, 2.45) is 0 Å². The van der Waals surface area contributed by atoms with Gasteiger partial charge in [0.2, 0.25) is 0 Å². The molecular weight excluding hydrogens is 216 g/mol. The van der Waals surface area contributed by atoms with Gasteiger partial charge in [-0.05, 0) is 13.0 Å². The monoisotopic (exact) mass is 224 g/mol. The molecular formula is C10H8O4S. The van der Waals surface area contributed by atoms with Crippen LogP contribution in [0.5, 0.6) is 0 Å². The third-order valence-electron chi connectivity index (χ3n) is 2.22. The first kappa shape index (κ1) is 9.92. The summed E-state index contributed by atoms with van der Waals surface area (Å²) in [6, 6.07) is 5.13. The van der Waals surface area contributed by atoms with Crippen molar-refractivity contribution in [3.8, 4) is 0 Å². The molecule has 1 heterocycles. The van der Waals surface area contributed by atoms with E-state index in [-0.39, 0.29) is 0 Å². The minimum atomic E-state index is -0.934. The Bertz CT molecular complexity index is 566. The summed E-state index contributed by atoms with van der Waals surface area (Å²) >= 11 is 0.980. The molecule has 1 N–H and O–H groups in total. The molecule has 2 rings (SSSR count). The van der Waals surface area contributed by atoms with Crippen molar-refractivity contribution >= 4 is 27.6 Å². The van der Waals surface area contributed by atoms with Crippen LogP contribution in [-0.4, -0.2) is 11.1 Å². The third-order valence-corrected chi connectivity index (χ3v) is 3.02. The Kier molecular flexibility index (Phi) is 2.32. The van der Waals surface area contributed by atoms with Crippen LogP contribution in [0.15, 0.2) is 27.4 Å². The standard InChI is InChI=1S/C10H8O4S/c1-5(9(11)12)6-3-2-4-7-8(6)14-10(13)15-7/h2-5H,1H3,(H,11,12). The van der Waals surface area contributed by atoms with E-state index >= 15 is 0 Å². The highest BCUT2D eigenvalue weighted by Gasteiger charge is 2.18. The maximum atomic E-state index is 11.0. The fourth-order valence-electron chi connectivity index (χ4n) is 1.39. The molecule has 1 aromatic carbocycles. The molecule has 0 fully saturated rings. The van der Waals surface area contributed by atoms with E-state index in [0.29, 0.717) is 15.8 Å². The summed E-state index contributed by atoms with van der Waals surface area (Å²) in [4.78, 5) is 21.5. The summed E-state index contributed by atoms with van der Waals surface area (Å²) < 4.78 is 5.66. The van der Waals surface area contributed by atoms with Crippen LogP contribution in [-0.2, 0) is 4.79 Å². The number of rotatable bonds is 2. The van der Waals surface area contributed by atoms with Gasteiger partial charge in [-0.2, -0.15) is 0 Å². The van der Waals surface area contributed by atoms with Crippen LogP contribution in [0.1, 0.15) is 18.4 Å². The summed E-state index contributed by atoms with van der Waals surface area (Å²) in [5.74, 6) is -1.61. The van der Waals surface area contributed by atoms with Crippen molar-refractivity contribution in [2.75, 3.05) is 0 Å². The van der Waals surface area contributed by atoms with E-state index in [1.807, 2.05) is 0 Å². The zero-order valence-electron chi connectivity index (χ0n) is 7.89. The molecule has 0 aliphatic rings. The molecule has 4 nitrogen and oxygen atoms in total. The smallest absolute Gasteiger partial charge is 0.396 e. The molecule has 1 atom stereocenters. The average Bonchev–Trinajstić information content (AvgIpc) is 2.56. The number of fused-ring (bicyclic) bond motifs is 1. The van der Waals surface area contributed by atoms with Gasteiger partial charge in [0.1, 0.15) is 0 Å². The van der Waals surface area contributed by atoms with E-state index in [4.69, 9.17) is 9.52 Å². The van der Waals surface area contributed by atoms with E-state index in [2.05, 4.69) is 0 Å². The van der Waals surface area contributed by atoms with Gasteiger partial charge < -0.3 is 9.52 Å². The van der Waals surface area contributed by atoms with Gasteiger partial charge in [0.15, 0.2) is 5.58 Å². The number of carboxylic acid groups (broad SMARTS) is 1. The lowest BCUT2D eigenvalue weighted by atomic mass is 10.0. The van der Waals surface area contributed by atoms with Crippen LogP contribution in [0.4, 0.5) is 0 Å². The van der Waals surface area contributed by atoms with Gasteiger partial charge in [-0.1, -0.05) is 23.5 Å². The first-order valence-electron chi connectivity index (χ1n) is 4.35. The van der Waals surface area contributed by atoms with Crippen molar-refractivity contribution in [1.29, 1.82) is 0 Å². The first-order valence-corrected chi connectivity index (χ1v) is 5.16. The molecule has 0 aliphatic carbocycles. The highest BCUT2D eigenvalue weighted by molar-refractivity contribution is 7.16. The highest BCUT2D eigenvalue weighted by Crippen LogP contribution is 2.26. The summed E-state index contributed by atoms with van der Waals surface area (Å²) in [6.45, 7) is 1.56. The van der Waals surface area contributed by atoms with E-state index in [0.717, 1.165) is 11.3 Å². The lowest BCUT2D eigenvalue weighted by Gasteiger charge is -2.05. The molecule has 78 valence electrons. The number of carbonyl (C=O) groups is 1. The van der Waals surface area contributed by atoms with Crippen LogP contribution in [0.3, 0.4) is 0 Å². The third kappa shape index (κ3) is 1.66. The lowest BCUT2D eigenvalue weighted by molar-refractivity contribution is -0.138. The molecule has 0 saturated heterocycles. The minimum absolute atomic E-state index is 0.391. The second-order valence-electron chi connectivity index (χ2n) is 3.19. The molecule has 2 aromatic rings. The second kappa shape index (κ2) is 3.51. The van der Waals surface area contributed by atoms with Crippen molar-refractivity contribution in [2.45, 2.75) is 12.8 Å². The summed E-state index contributed by atoms with van der Waals surface area (Å²) in [5.41, 5.74) is 0.931. The summed E-state index contributed by atoms with van der Waals surface area (Å²) in [7, 11) is 0. The van der Waals surface area contributed by atoms with Crippen molar-refractivity contribution in [3.63, 3.8) is 0 Å². The van der Waals surface area contributed by atoms with E-state index in [1.54, 1.807) is 25.1 Å². The minimum Gasteiger partial charge on any atom is -0.481 e. The van der Waals surface area contributed by atoms with Gasteiger partial charge in [0, 0.05) is 5.56 Å². The Balaban J connectivity index is 2.70. The topological polar surface area (TPSA) is 67.5 Å². The predicted molar refractivity (Wildman–Crippen MR) is 56.4 cm³/mol. The predicted octanol–water partition coefficient (Wildman–Crippen LogP) is 2.04. The molecule has 5 heteroatoms. The number of hydrogen-bond acceptors (Lipinski definition) is 4. The SMILES string of the molecule is CC(C(=O)O)c1cccc2sc(=O)oc12. The van der Waals surface area contributed by atoms with E-state index in [1.165, 1.54) is 0 Å². The van der Waals surface area contributed by atoms with Crippen molar-refractivity contribution in [3.05, 3.63) is 33.5 Å². The molecule has 0 radical (unpaired) electrons. The van der Waals surface area contributed by atoms with Gasteiger partial charge in [-0.25, -0.2) is 4.79 Å². The number of aliphatic carboxylic acids is 1. The maximum Gasteiger partial charge on any atom is 0.396 e. The number of hydrogen-bond donors (Lipinski definition) is 1. The Hall–Kier alpha value is -1.62. The largest absolute Gasteiger partial charge is 0.481 e. The zero-order valence-corrected chi connectivity index (χ0v) is 8.71. The number of para-hydroxylation sites is 1. The molecule has 1 unspecified atom stereocenters. The molecule has 1 aromatic heterocycles. The first-order chi connectivity index (χ1) is 7.09. The Morgan fingerprint density at radius 1 is 1.53 bits per heavy atom. The summed E-state index contributed by atoms with van der Waals surface area (Å²) in [5, 5.41) is 8.89. The number of benzene rings is 1. The van der Waals surface area contributed by atoms with Crippen LogP contribution < -0.4 is 4.94 Å². The molecule has 0 bridgehead atoms. The quantitative estimate of drug-likeness (QED) is 0.847. The average molecular weight is 224 g/mol. The molecule has 15 heavy (non-hydrogen) atoms. The maximum absolute atomic E-state index is 11.0. The molecule has 0 saturated carbocycles. The van der Waals surface area contributed by atoms with Gasteiger partial charge in [-0.15, -0.1) is 0 Å². The van der Waals surface area contributed by atoms with E-state index in [9.17, 15) is 9.59 Å².